The third kappa shape index (κ3) is 3.66. The van der Waals surface area contributed by atoms with E-state index in [9.17, 15) is 9.59 Å². The Bertz CT molecular complexity index is 614. The quantitative estimate of drug-likeness (QED) is 0.822. The van der Waals surface area contributed by atoms with Gasteiger partial charge in [0, 0.05) is 46.2 Å². The molecular weight excluding hydrogens is 326 g/mol. The van der Waals surface area contributed by atoms with Gasteiger partial charge in [0.2, 0.25) is 11.8 Å². The second kappa shape index (κ2) is 7.43. The van der Waals surface area contributed by atoms with Crippen molar-refractivity contribution in [3.63, 3.8) is 0 Å². The Morgan fingerprint density at radius 3 is 2.42 bits per heavy atom. The fourth-order valence-corrected chi connectivity index (χ4v) is 3.85. The minimum Gasteiger partial charge on any atom is -0.367 e. The Kier molecular flexibility index (Phi) is 5.29. The van der Waals surface area contributed by atoms with Crippen molar-refractivity contribution >= 4 is 29.1 Å². The number of piperazine rings is 1. The molecule has 0 N–H and O–H groups in total. The number of halogens is 1. The Morgan fingerprint density at radius 2 is 1.75 bits per heavy atom. The van der Waals surface area contributed by atoms with Crippen molar-refractivity contribution in [3.8, 4) is 0 Å². The predicted molar refractivity (Wildman–Crippen MR) is 95.2 cm³/mol. The van der Waals surface area contributed by atoms with E-state index < -0.39 is 0 Å². The zero-order valence-electron chi connectivity index (χ0n) is 14.1. The van der Waals surface area contributed by atoms with Gasteiger partial charge in [-0.2, -0.15) is 0 Å². The lowest BCUT2D eigenvalue weighted by atomic mass is 9.96. The number of hydrogen-bond acceptors (Lipinski definition) is 3. The van der Waals surface area contributed by atoms with Gasteiger partial charge in [0.25, 0.3) is 0 Å². The standard InChI is InChI=1S/C18H24ClN3O2/c1-14(23)22-8-4-5-15(13-22)18(24)21-11-9-20(10-12-21)17-7-3-2-6-16(17)19/h2-3,6-7,15H,4-5,8-13H2,1H3/t15-/m1/s1. The summed E-state index contributed by atoms with van der Waals surface area (Å²) in [4.78, 5) is 30.3. The van der Waals surface area contributed by atoms with Crippen LogP contribution >= 0.6 is 11.6 Å². The predicted octanol–water partition coefficient (Wildman–Crippen LogP) is 2.25. The third-order valence-corrected chi connectivity index (χ3v) is 5.32. The highest BCUT2D eigenvalue weighted by molar-refractivity contribution is 6.33. The highest BCUT2D eigenvalue weighted by Gasteiger charge is 2.31. The molecular formula is C18H24ClN3O2. The number of hydrogen-bond donors (Lipinski definition) is 0. The first kappa shape index (κ1) is 17.1. The fraction of sp³-hybridized carbons (Fsp3) is 0.556. The summed E-state index contributed by atoms with van der Waals surface area (Å²) in [7, 11) is 0. The van der Waals surface area contributed by atoms with Crippen LogP contribution < -0.4 is 4.90 Å². The van der Waals surface area contributed by atoms with Crippen LogP contribution in [0.25, 0.3) is 0 Å². The molecule has 2 aliphatic rings. The minimum atomic E-state index is -0.0467. The first-order chi connectivity index (χ1) is 11.6. The van der Waals surface area contributed by atoms with E-state index in [0.29, 0.717) is 19.6 Å². The molecule has 0 spiro atoms. The molecule has 3 rings (SSSR count). The molecule has 1 aromatic carbocycles. The van der Waals surface area contributed by atoms with E-state index >= 15 is 0 Å². The highest BCUT2D eigenvalue weighted by Crippen LogP contribution is 2.27. The minimum absolute atomic E-state index is 0.0467. The molecule has 0 aromatic heterocycles. The van der Waals surface area contributed by atoms with E-state index in [1.165, 1.54) is 0 Å². The lowest BCUT2D eigenvalue weighted by Gasteiger charge is -2.39. The van der Waals surface area contributed by atoms with E-state index in [1.807, 2.05) is 29.2 Å². The van der Waals surface area contributed by atoms with Crippen LogP contribution in [0.3, 0.4) is 0 Å². The van der Waals surface area contributed by atoms with Crippen LogP contribution in [-0.2, 0) is 9.59 Å². The summed E-state index contributed by atoms with van der Waals surface area (Å²) in [5.74, 6) is 0.213. The van der Waals surface area contributed by atoms with E-state index in [-0.39, 0.29) is 17.7 Å². The number of rotatable bonds is 2. The summed E-state index contributed by atoms with van der Waals surface area (Å²) in [5, 5.41) is 0.752. The van der Waals surface area contributed by atoms with Crippen molar-refractivity contribution < 1.29 is 9.59 Å². The van der Waals surface area contributed by atoms with Gasteiger partial charge in [-0.25, -0.2) is 0 Å². The average molecular weight is 350 g/mol. The molecule has 0 bridgehead atoms. The molecule has 1 aromatic rings. The maximum atomic E-state index is 12.8. The third-order valence-electron chi connectivity index (χ3n) is 5.00. The number of carbonyl (C=O) groups excluding carboxylic acids is 2. The van der Waals surface area contributed by atoms with Crippen LogP contribution in [0.15, 0.2) is 24.3 Å². The highest BCUT2D eigenvalue weighted by atomic mass is 35.5. The Labute approximate surface area is 148 Å². The molecule has 2 saturated heterocycles. The van der Waals surface area contributed by atoms with Crippen molar-refractivity contribution in [2.45, 2.75) is 19.8 Å². The lowest BCUT2D eigenvalue weighted by Crippen LogP contribution is -2.53. The number of amides is 2. The normalized spacial score (nSPS) is 21.8. The van der Waals surface area contributed by atoms with Crippen molar-refractivity contribution in [1.29, 1.82) is 0 Å². The first-order valence-corrected chi connectivity index (χ1v) is 8.98. The second-order valence-electron chi connectivity index (χ2n) is 6.57. The Balaban J connectivity index is 1.57. The number of nitrogens with zero attached hydrogens (tertiary/aromatic N) is 3. The fourth-order valence-electron chi connectivity index (χ4n) is 3.60. The molecule has 0 unspecified atom stereocenters. The smallest absolute Gasteiger partial charge is 0.227 e. The number of likely N-dealkylation sites (tertiary alicyclic amines) is 1. The molecule has 0 aliphatic carbocycles. The molecule has 5 nitrogen and oxygen atoms in total. The van der Waals surface area contributed by atoms with Gasteiger partial charge >= 0.3 is 0 Å². The number of piperidine rings is 1. The Morgan fingerprint density at radius 1 is 1.04 bits per heavy atom. The summed E-state index contributed by atoms with van der Waals surface area (Å²) in [6.07, 6.45) is 1.79. The SMILES string of the molecule is CC(=O)N1CCC[C@@H](C(=O)N2CCN(c3ccccc3Cl)CC2)C1. The lowest BCUT2D eigenvalue weighted by molar-refractivity contribution is -0.140. The van der Waals surface area contributed by atoms with Crippen LogP contribution in [0.2, 0.25) is 5.02 Å². The van der Waals surface area contributed by atoms with Gasteiger partial charge < -0.3 is 14.7 Å². The van der Waals surface area contributed by atoms with Crippen molar-refractivity contribution in [2.75, 3.05) is 44.2 Å². The van der Waals surface area contributed by atoms with E-state index in [0.717, 1.165) is 43.2 Å². The number of anilines is 1. The molecule has 0 saturated carbocycles. The number of benzene rings is 1. The van der Waals surface area contributed by atoms with Crippen molar-refractivity contribution in [3.05, 3.63) is 29.3 Å². The van der Waals surface area contributed by atoms with E-state index in [2.05, 4.69) is 4.90 Å². The van der Waals surface area contributed by atoms with Gasteiger partial charge in [0.1, 0.15) is 0 Å². The van der Waals surface area contributed by atoms with Crippen molar-refractivity contribution in [2.24, 2.45) is 5.92 Å². The van der Waals surface area contributed by atoms with Crippen LogP contribution in [-0.4, -0.2) is 60.9 Å². The summed E-state index contributed by atoms with van der Waals surface area (Å²) < 4.78 is 0. The molecule has 2 fully saturated rings. The van der Waals surface area contributed by atoms with Crippen LogP contribution in [0.1, 0.15) is 19.8 Å². The second-order valence-corrected chi connectivity index (χ2v) is 6.98. The largest absolute Gasteiger partial charge is 0.367 e. The zero-order valence-corrected chi connectivity index (χ0v) is 14.8. The summed E-state index contributed by atoms with van der Waals surface area (Å²) in [6, 6.07) is 7.82. The molecule has 2 amide bonds. The van der Waals surface area contributed by atoms with Gasteiger partial charge in [-0.3, -0.25) is 9.59 Å². The molecule has 130 valence electrons. The summed E-state index contributed by atoms with van der Waals surface area (Å²) in [6.45, 7) is 5.92. The van der Waals surface area contributed by atoms with E-state index in [1.54, 1.807) is 11.8 Å². The maximum absolute atomic E-state index is 12.8. The molecule has 6 heteroatoms. The average Bonchev–Trinajstić information content (AvgIpc) is 2.62. The van der Waals surface area contributed by atoms with Crippen molar-refractivity contribution in [1.82, 2.24) is 9.80 Å². The van der Waals surface area contributed by atoms with Gasteiger partial charge in [-0.1, -0.05) is 23.7 Å². The van der Waals surface area contributed by atoms with Crippen LogP contribution in [0, 0.1) is 5.92 Å². The summed E-state index contributed by atoms with van der Waals surface area (Å²) in [5.41, 5.74) is 1.03. The molecule has 2 heterocycles. The van der Waals surface area contributed by atoms with Gasteiger partial charge in [0.15, 0.2) is 0 Å². The Hall–Kier alpha value is -1.75. The molecule has 24 heavy (non-hydrogen) atoms. The van der Waals surface area contributed by atoms with Crippen LogP contribution in [0.5, 0.6) is 0 Å². The first-order valence-electron chi connectivity index (χ1n) is 8.60. The molecule has 0 radical (unpaired) electrons. The van der Waals surface area contributed by atoms with Gasteiger partial charge in [-0.15, -0.1) is 0 Å². The van der Waals surface area contributed by atoms with Gasteiger partial charge in [0.05, 0.1) is 16.6 Å². The molecule has 2 aliphatic heterocycles. The number of carbonyl (C=O) groups is 2. The maximum Gasteiger partial charge on any atom is 0.227 e. The molecule has 1 atom stereocenters. The summed E-state index contributed by atoms with van der Waals surface area (Å²) >= 11 is 6.26. The monoisotopic (exact) mass is 349 g/mol. The van der Waals surface area contributed by atoms with Crippen LogP contribution in [0.4, 0.5) is 5.69 Å². The topological polar surface area (TPSA) is 43.9 Å². The number of para-hydroxylation sites is 1. The van der Waals surface area contributed by atoms with E-state index in [4.69, 9.17) is 11.6 Å². The zero-order chi connectivity index (χ0) is 17.1. The van der Waals surface area contributed by atoms with Gasteiger partial charge in [-0.05, 0) is 25.0 Å².